The van der Waals surface area contributed by atoms with Crippen LogP contribution < -0.4 is 4.74 Å². The SMILES string of the molecule is Cc1nn(C)c(C)c1Oc1ccc(F)cc1C(=O)O. The van der Waals surface area contributed by atoms with Crippen molar-refractivity contribution in [3.8, 4) is 11.5 Å². The Morgan fingerprint density at radius 1 is 1.42 bits per heavy atom. The molecule has 0 saturated carbocycles. The minimum Gasteiger partial charge on any atom is -0.478 e. The summed E-state index contributed by atoms with van der Waals surface area (Å²) in [6.07, 6.45) is 0. The smallest absolute Gasteiger partial charge is 0.339 e. The minimum absolute atomic E-state index is 0.0908. The van der Waals surface area contributed by atoms with Crippen LogP contribution in [0.1, 0.15) is 21.7 Å². The molecule has 6 heteroatoms. The molecule has 5 nitrogen and oxygen atoms in total. The molecule has 0 spiro atoms. The summed E-state index contributed by atoms with van der Waals surface area (Å²) in [6.45, 7) is 3.56. The fourth-order valence-electron chi connectivity index (χ4n) is 1.77. The molecule has 1 N–H and O–H groups in total. The number of rotatable bonds is 3. The number of ether oxygens (including phenoxy) is 1. The first-order chi connectivity index (χ1) is 8.90. The van der Waals surface area contributed by atoms with Gasteiger partial charge in [-0.2, -0.15) is 5.10 Å². The molecular formula is C13H13FN2O3. The number of aryl methyl sites for hydroxylation is 2. The van der Waals surface area contributed by atoms with Gasteiger partial charge in [0.2, 0.25) is 0 Å². The Bertz CT molecular complexity index is 650. The van der Waals surface area contributed by atoms with E-state index in [2.05, 4.69) is 5.10 Å². The second kappa shape index (κ2) is 4.72. The number of carboxylic acids is 1. The van der Waals surface area contributed by atoms with E-state index in [0.717, 1.165) is 17.8 Å². The number of nitrogens with zero attached hydrogens (tertiary/aromatic N) is 2. The third kappa shape index (κ3) is 2.42. The summed E-state index contributed by atoms with van der Waals surface area (Å²) >= 11 is 0. The van der Waals surface area contributed by atoms with Crippen LogP contribution in [-0.2, 0) is 7.05 Å². The average molecular weight is 264 g/mol. The minimum atomic E-state index is -1.24. The van der Waals surface area contributed by atoms with E-state index in [1.807, 2.05) is 0 Å². The zero-order valence-corrected chi connectivity index (χ0v) is 10.8. The van der Waals surface area contributed by atoms with Gasteiger partial charge in [-0.3, -0.25) is 4.68 Å². The predicted octanol–water partition coefficient (Wildman–Crippen LogP) is 2.67. The van der Waals surface area contributed by atoms with Crippen molar-refractivity contribution < 1.29 is 19.0 Å². The van der Waals surface area contributed by atoms with Crippen molar-refractivity contribution in [3.63, 3.8) is 0 Å². The number of aromatic nitrogens is 2. The van der Waals surface area contributed by atoms with E-state index in [1.165, 1.54) is 6.07 Å². The van der Waals surface area contributed by atoms with Crippen LogP contribution in [0.5, 0.6) is 11.5 Å². The van der Waals surface area contributed by atoms with Crippen LogP contribution in [0.2, 0.25) is 0 Å². The molecule has 1 aromatic carbocycles. The second-order valence-corrected chi connectivity index (χ2v) is 4.17. The summed E-state index contributed by atoms with van der Waals surface area (Å²) in [5.41, 5.74) is 1.18. The largest absolute Gasteiger partial charge is 0.478 e. The number of benzene rings is 1. The number of hydrogen-bond acceptors (Lipinski definition) is 3. The standard InChI is InChI=1S/C13H13FN2O3/c1-7-12(8(2)16(3)15-7)19-11-5-4-9(14)6-10(11)13(17)18/h4-6H,1-3H3,(H,17,18). The molecule has 19 heavy (non-hydrogen) atoms. The van der Waals surface area contributed by atoms with E-state index in [4.69, 9.17) is 9.84 Å². The summed E-state index contributed by atoms with van der Waals surface area (Å²) < 4.78 is 20.3. The first-order valence-electron chi connectivity index (χ1n) is 5.61. The Kier molecular flexibility index (Phi) is 3.25. The van der Waals surface area contributed by atoms with Gasteiger partial charge in [0.15, 0.2) is 5.75 Å². The quantitative estimate of drug-likeness (QED) is 0.925. The zero-order chi connectivity index (χ0) is 14.2. The molecule has 100 valence electrons. The van der Waals surface area contributed by atoms with Crippen LogP contribution in [0.25, 0.3) is 0 Å². The van der Waals surface area contributed by atoms with Crippen molar-refractivity contribution >= 4 is 5.97 Å². The summed E-state index contributed by atoms with van der Waals surface area (Å²) in [7, 11) is 1.76. The van der Waals surface area contributed by atoms with Gasteiger partial charge in [0.05, 0.1) is 5.69 Å². The van der Waals surface area contributed by atoms with Crippen molar-refractivity contribution in [3.05, 3.63) is 41.0 Å². The molecule has 1 aromatic heterocycles. The number of hydrogen-bond donors (Lipinski definition) is 1. The highest BCUT2D eigenvalue weighted by atomic mass is 19.1. The van der Waals surface area contributed by atoms with Crippen LogP contribution in [0.4, 0.5) is 4.39 Å². The molecule has 0 aliphatic heterocycles. The molecule has 0 radical (unpaired) electrons. The van der Waals surface area contributed by atoms with E-state index in [-0.39, 0.29) is 11.3 Å². The van der Waals surface area contributed by atoms with Gasteiger partial charge < -0.3 is 9.84 Å². The maximum absolute atomic E-state index is 13.1. The van der Waals surface area contributed by atoms with Gasteiger partial charge in [0, 0.05) is 7.05 Å². The topological polar surface area (TPSA) is 64.4 Å². The number of carbonyl (C=O) groups is 1. The van der Waals surface area contributed by atoms with Crippen molar-refractivity contribution in [2.45, 2.75) is 13.8 Å². The molecule has 0 atom stereocenters. The Morgan fingerprint density at radius 3 is 2.63 bits per heavy atom. The van der Waals surface area contributed by atoms with Crippen LogP contribution in [0.3, 0.4) is 0 Å². The molecule has 0 unspecified atom stereocenters. The second-order valence-electron chi connectivity index (χ2n) is 4.17. The Balaban J connectivity index is 2.46. The number of carboxylic acid groups (broad SMARTS) is 1. The van der Waals surface area contributed by atoms with Crippen molar-refractivity contribution in [2.75, 3.05) is 0 Å². The summed E-state index contributed by atoms with van der Waals surface area (Å²) in [4.78, 5) is 11.1. The Labute approximate surface area is 109 Å². The van der Waals surface area contributed by atoms with E-state index < -0.39 is 11.8 Å². The lowest BCUT2D eigenvalue weighted by Gasteiger charge is -2.09. The van der Waals surface area contributed by atoms with Crippen LogP contribution in [-0.4, -0.2) is 20.9 Å². The van der Waals surface area contributed by atoms with Gasteiger partial charge in [-0.1, -0.05) is 0 Å². The lowest BCUT2D eigenvalue weighted by atomic mass is 10.2. The Morgan fingerprint density at radius 2 is 2.11 bits per heavy atom. The summed E-state index contributed by atoms with van der Waals surface area (Å²) in [5, 5.41) is 13.2. The molecule has 0 fully saturated rings. The monoisotopic (exact) mass is 264 g/mol. The lowest BCUT2D eigenvalue weighted by Crippen LogP contribution is -2.01. The summed E-state index contributed by atoms with van der Waals surface area (Å²) in [5.74, 6) is -1.29. The lowest BCUT2D eigenvalue weighted by molar-refractivity contribution is 0.0693. The van der Waals surface area contributed by atoms with Crippen LogP contribution >= 0.6 is 0 Å². The first-order valence-corrected chi connectivity index (χ1v) is 5.61. The molecule has 1 heterocycles. The molecule has 0 bridgehead atoms. The van der Waals surface area contributed by atoms with E-state index in [1.54, 1.807) is 25.6 Å². The molecule has 2 rings (SSSR count). The highest BCUT2D eigenvalue weighted by Gasteiger charge is 2.17. The van der Waals surface area contributed by atoms with E-state index in [0.29, 0.717) is 11.4 Å². The van der Waals surface area contributed by atoms with Gasteiger partial charge in [-0.25, -0.2) is 9.18 Å². The highest BCUT2D eigenvalue weighted by Crippen LogP contribution is 2.30. The van der Waals surface area contributed by atoms with Gasteiger partial charge in [0.25, 0.3) is 0 Å². The molecule has 0 amide bonds. The number of halogens is 1. The van der Waals surface area contributed by atoms with Crippen LogP contribution in [0.15, 0.2) is 18.2 Å². The van der Waals surface area contributed by atoms with Gasteiger partial charge in [-0.15, -0.1) is 0 Å². The third-order valence-corrected chi connectivity index (χ3v) is 2.83. The summed E-state index contributed by atoms with van der Waals surface area (Å²) in [6, 6.07) is 3.38. The fourth-order valence-corrected chi connectivity index (χ4v) is 1.77. The molecule has 0 aliphatic rings. The normalized spacial score (nSPS) is 10.5. The fraction of sp³-hybridized carbons (Fsp3) is 0.231. The van der Waals surface area contributed by atoms with Gasteiger partial charge >= 0.3 is 5.97 Å². The molecule has 0 saturated heterocycles. The van der Waals surface area contributed by atoms with E-state index >= 15 is 0 Å². The first kappa shape index (κ1) is 13.1. The van der Waals surface area contributed by atoms with Gasteiger partial charge in [0.1, 0.15) is 22.8 Å². The molecular weight excluding hydrogens is 251 g/mol. The molecule has 2 aromatic rings. The van der Waals surface area contributed by atoms with Crippen LogP contribution in [0, 0.1) is 19.7 Å². The van der Waals surface area contributed by atoms with Gasteiger partial charge in [-0.05, 0) is 32.0 Å². The maximum atomic E-state index is 13.1. The molecule has 0 aliphatic carbocycles. The predicted molar refractivity (Wildman–Crippen MR) is 66.1 cm³/mol. The third-order valence-electron chi connectivity index (χ3n) is 2.83. The average Bonchev–Trinajstić information content (AvgIpc) is 2.57. The highest BCUT2D eigenvalue weighted by molar-refractivity contribution is 5.91. The maximum Gasteiger partial charge on any atom is 0.339 e. The zero-order valence-electron chi connectivity index (χ0n) is 10.8. The van der Waals surface area contributed by atoms with Crippen molar-refractivity contribution in [1.82, 2.24) is 9.78 Å². The van der Waals surface area contributed by atoms with Crippen molar-refractivity contribution in [2.24, 2.45) is 7.05 Å². The van der Waals surface area contributed by atoms with Crippen molar-refractivity contribution in [1.29, 1.82) is 0 Å². The Hall–Kier alpha value is -2.37. The van der Waals surface area contributed by atoms with E-state index in [9.17, 15) is 9.18 Å². The number of aromatic carboxylic acids is 1.